The maximum Gasteiger partial charge on any atom is 0.233 e. The maximum absolute atomic E-state index is 4.31. The van der Waals surface area contributed by atoms with Crippen LogP contribution in [-0.2, 0) is 0 Å². The summed E-state index contributed by atoms with van der Waals surface area (Å²) in [5, 5.41) is 0. The Balaban J connectivity index is 2.22. The Bertz CT molecular complexity index is 640. The molecule has 0 atom stereocenters. The molecule has 0 saturated heterocycles. The quantitative estimate of drug-likeness (QED) is 0.616. The molecule has 0 N–H and O–H groups in total. The van der Waals surface area contributed by atoms with Crippen molar-refractivity contribution in [1.82, 2.24) is 14.4 Å². The SMILES string of the molecule is Cc1ccccc1-c1cnc2nccn2c1. The fourth-order valence-electron chi connectivity index (χ4n) is 1.85. The Morgan fingerprint density at radius 2 is 2.00 bits per heavy atom. The molecule has 0 saturated carbocycles. The van der Waals surface area contributed by atoms with Gasteiger partial charge < -0.3 is 0 Å². The molecule has 0 fully saturated rings. The molecule has 0 aliphatic rings. The standard InChI is InChI=1S/C13H11N3/c1-10-4-2-3-5-12(10)11-8-15-13-14-6-7-16(13)9-11/h2-9H,1H3. The van der Waals surface area contributed by atoms with Crippen molar-refractivity contribution in [1.29, 1.82) is 0 Å². The molecule has 2 aromatic heterocycles. The lowest BCUT2D eigenvalue weighted by Gasteiger charge is -2.05. The molecule has 0 bridgehead atoms. The molecule has 0 aliphatic heterocycles. The first kappa shape index (κ1) is 9.09. The van der Waals surface area contributed by atoms with Gasteiger partial charge in [-0.2, -0.15) is 0 Å². The van der Waals surface area contributed by atoms with Gasteiger partial charge in [0.15, 0.2) is 0 Å². The minimum atomic E-state index is 0.734. The predicted molar refractivity (Wildman–Crippen MR) is 63.2 cm³/mol. The molecule has 0 amide bonds. The number of imidazole rings is 1. The number of benzene rings is 1. The monoisotopic (exact) mass is 209 g/mol. The van der Waals surface area contributed by atoms with E-state index in [0.717, 1.165) is 11.3 Å². The Morgan fingerprint density at radius 1 is 1.12 bits per heavy atom. The normalized spacial score (nSPS) is 10.8. The van der Waals surface area contributed by atoms with Crippen LogP contribution in [0.25, 0.3) is 16.9 Å². The average molecular weight is 209 g/mol. The molecule has 0 spiro atoms. The number of aromatic nitrogens is 3. The number of fused-ring (bicyclic) bond motifs is 1. The van der Waals surface area contributed by atoms with Crippen LogP contribution in [0.4, 0.5) is 0 Å². The molecule has 0 unspecified atom stereocenters. The first-order valence-corrected chi connectivity index (χ1v) is 5.19. The van der Waals surface area contributed by atoms with Gasteiger partial charge in [-0.25, -0.2) is 9.97 Å². The molecule has 16 heavy (non-hydrogen) atoms. The van der Waals surface area contributed by atoms with Gasteiger partial charge in [0, 0.05) is 30.4 Å². The lowest BCUT2D eigenvalue weighted by atomic mass is 10.0. The maximum atomic E-state index is 4.31. The fourth-order valence-corrected chi connectivity index (χ4v) is 1.85. The summed E-state index contributed by atoms with van der Waals surface area (Å²) in [7, 11) is 0. The molecule has 2 heterocycles. The van der Waals surface area contributed by atoms with Crippen LogP contribution in [0.2, 0.25) is 0 Å². The second kappa shape index (κ2) is 3.45. The van der Waals surface area contributed by atoms with E-state index in [2.05, 4.69) is 35.2 Å². The number of nitrogens with zero attached hydrogens (tertiary/aromatic N) is 3. The highest BCUT2D eigenvalue weighted by atomic mass is 15.1. The van der Waals surface area contributed by atoms with Crippen molar-refractivity contribution in [3.8, 4) is 11.1 Å². The van der Waals surface area contributed by atoms with E-state index in [4.69, 9.17) is 0 Å². The van der Waals surface area contributed by atoms with E-state index in [0.29, 0.717) is 0 Å². The second-order valence-electron chi connectivity index (χ2n) is 3.79. The highest BCUT2D eigenvalue weighted by Crippen LogP contribution is 2.21. The van der Waals surface area contributed by atoms with Crippen molar-refractivity contribution in [2.75, 3.05) is 0 Å². The third-order valence-electron chi connectivity index (χ3n) is 2.70. The molecule has 3 aromatic rings. The molecular formula is C13H11N3. The minimum Gasteiger partial charge on any atom is -0.291 e. The minimum absolute atomic E-state index is 0.734. The van der Waals surface area contributed by atoms with E-state index in [1.807, 2.05) is 28.9 Å². The first-order valence-electron chi connectivity index (χ1n) is 5.19. The predicted octanol–water partition coefficient (Wildman–Crippen LogP) is 2.70. The van der Waals surface area contributed by atoms with Crippen molar-refractivity contribution in [2.45, 2.75) is 6.92 Å². The fraction of sp³-hybridized carbons (Fsp3) is 0.0769. The van der Waals surface area contributed by atoms with Crippen LogP contribution < -0.4 is 0 Å². The topological polar surface area (TPSA) is 30.2 Å². The summed E-state index contributed by atoms with van der Waals surface area (Å²) in [6.45, 7) is 2.10. The third kappa shape index (κ3) is 1.37. The van der Waals surface area contributed by atoms with E-state index < -0.39 is 0 Å². The van der Waals surface area contributed by atoms with Gasteiger partial charge >= 0.3 is 0 Å². The van der Waals surface area contributed by atoms with Crippen LogP contribution in [0.3, 0.4) is 0 Å². The van der Waals surface area contributed by atoms with Crippen molar-refractivity contribution >= 4 is 5.78 Å². The van der Waals surface area contributed by atoms with Crippen molar-refractivity contribution in [3.63, 3.8) is 0 Å². The van der Waals surface area contributed by atoms with Crippen molar-refractivity contribution in [2.24, 2.45) is 0 Å². The van der Waals surface area contributed by atoms with Gasteiger partial charge in [-0.3, -0.25) is 4.40 Å². The first-order chi connectivity index (χ1) is 7.84. The van der Waals surface area contributed by atoms with Gasteiger partial charge in [0.2, 0.25) is 5.78 Å². The molecule has 78 valence electrons. The molecule has 0 aliphatic carbocycles. The van der Waals surface area contributed by atoms with Gasteiger partial charge in [-0.1, -0.05) is 24.3 Å². The van der Waals surface area contributed by atoms with Crippen LogP contribution in [-0.4, -0.2) is 14.4 Å². The molecule has 3 heteroatoms. The van der Waals surface area contributed by atoms with Gasteiger partial charge in [-0.05, 0) is 18.1 Å². The van der Waals surface area contributed by atoms with E-state index >= 15 is 0 Å². The van der Waals surface area contributed by atoms with Crippen LogP contribution >= 0.6 is 0 Å². The van der Waals surface area contributed by atoms with Crippen LogP contribution in [0, 0.1) is 6.92 Å². The zero-order valence-corrected chi connectivity index (χ0v) is 8.96. The lowest BCUT2D eigenvalue weighted by molar-refractivity contribution is 1.11. The van der Waals surface area contributed by atoms with E-state index in [-0.39, 0.29) is 0 Å². The average Bonchev–Trinajstić information content (AvgIpc) is 2.76. The summed E-state index contributed by atoms with van der Waals surface area (Å²) in [6.07, 6.45) is 7.58. The number of aryl methyl sites for hydroxylation is 1. The zero-order valence-electron chi connectivity index (χ0n) is 8.96. The highest BCUT2D eigenvalue weighted by molar-refractivity contribution is 5.66. The molecule has 3 rings (SSSR count). The molecular weight excluding hydrogens is 198 g/mol. The van der Waals surface area contributed by atoms with Crippen LogP contribution in [0.1, 0.15) is 5.56 Å². The second-order valence-corrected chi connectivity index (χ2v) is 3.79. The third-order valence-corrected chi connectivity index (χ3v) is 2.70. The van der Waals surface area contributed by atoms with Crippen molar-refractivity contribution in [3.05, 3.63) is 54.6 Å². The summed E-state index contributed by atoms with van der Waals surface area (Å²) in [6, 6.07) is 8.30. The van der Waals surface area contributed by atoms with Gasteiger partial charge in [0.1, 0.15) is 0 Å². The Kier molecular flexibility index (Phi) is 1.96. The van der Waals surface area contributed by atoms with Crippen LogP contribution in [0.5, 0.6) is 0 Å². The van der Waals surface area contributed by atoms with E-state index in [9.17, 15) is 0 Å². The Morgan fingerprint density at radius 3 is 2.88 bits per heavy atom. The van der Waals surface area contributed by atoms with Gasteiger partial charge in [0.05, 0.1) is 0 Å². The summed E-state index contributed by atoms with van der Waals surface area (Å²) in [5.41, 5.74) is 3.58. The van der Waals surface area contributed by atoms with E-state index in [1.54, 1.807) is 6.20 Å². The Labute approximate surface area is 93.4 Å². The number of hydrogen-bond donors (Lipinski definition) is 0. The number of hydrogen-bond acceptors (Lipinski definition) is 2. The number of rotatable bonds is 1. The molecule has 1 aromatic carbocycles. The van der Waals surface area contributed by atoms with Gasteiger partial charge in [-0.15, -0.1) is 0 Å². The van der Waals surface area contributed by atoms with Gasteiger partial charge in [0.25, 0.3) is 0 Å². The van der Waals surface area contributed by atoms with Crippen LogP contribution in [0.15, 0.2) is 49.1 Å². The summed E-state index contributed by atoms with van der Waals surface area (Å²) < 4.78 is 1.93. The largest absolute Gasteiger partial charge is 0.291 e. The Hall–Kier alpha value is -2.16. The molecule has 0 radical (unpaired) electrons. The summed E-state index contributed by atoms with van der Waals surface area (Å²) in [4.78, 5) is 8.44. The molecule has 3 nitrogen and oxygen atoms in total. The summed E-state index contributed by atoms with van der Waals surface area (Å²) in [5.74, 6) is 0.734. The van der Waals surface area contributed by atoms with E-state index in [1.165, 1.54) is 11.1 Å². The highest BCUT2D eigenvalue weighted by Gasteiger charge is 2.03. The summed E-state index contributed by atoms with van der Waals surface area (Å²) >= 11 is 0. The van der Waals surface area contributed by atoms with Crippen molar-refractivity contribution < 1.29 is 0 Å². The zero-order chi connectivity index (χ0) is 11.0. The lowest BCUT2D eigenvalue weighted by Crippen LogP contribution is -1.90. The smallest absolute Gasteiger partial charge is 0.233 e.